The van der Waals surface area contributed by atoms with Crippen molar-refractivity contribution in [1.29, 1.82) is 0 Å². The molecule has 1 aromatic heterocycles. The number of hydrogen-bond acceptors (Lipinski definition) is 5. The number of thiazole rings is 1. The number of nitrogens with zero attached hydrogens (tertiary/aromatic N) is 1. The topological polar surface area (TPSA) is 48.4 Å². The summed E-state index contributed by atoms with van der Waals surface area (Å²) in [5.41, 5.74) is 1.01. The van der Waals surface area contributed by atoms with E-state index >= 15 is 0 Å². The van der Waals surface area contributed by atoms with Crippen LogP contribution in [0.1, 0.15) is 50.5 Å². The predicted octanol–water partition coefficient (Wildman–Crippen LogP) is 5.32. The molecule has 0 saturated heterocycles. The lowest BCUT2D eigenvalue weighted by molar-refractivity contribution is -0.140. The molecular formula is C19H23F2NO3S. The van der Waals surface area contributed by atoms with Crippen LogP contribution in [0.4, 0.5) is 8.78 Å². The first-order chi connectivity index (χ1) is 12.5. The summed E-state index contributed by atoms with van der Waals surface area (Å²) in [5, 5.41) is 2.79. The van der Waals surface area contributed by atoms with Crippen molar-refractivity contribution in [1.82, 2.24) is 4.98 Å². The maximum atomic E-state index is 14.3. The fraction of sp³-hybridized carbons (Fsp3) is 0.474. The van der Waals surface area contributed by atoms with E-state index in [1.807, 2.05) is 5.38 Å². The van der Waals surface area contributed by atoms with Gasteiger partial charge >= 0.3 is 5.97 Å². The zero-order chi connectivity index (χ0) is 19.1. The van der Waals surface area contributed by atoms with E-state index in [4.69, 9.17) is 4.74 Å². The Balaban J connectivity index is 2.13. The van der Waals surface area contributed by atoms with Gasteiger partial charge in [-0.3, -0.25) is 4.79 Å². The molecule has 1 unspecified atom stereocenters. The van der Waals surface area contributed by atoms with Crippen molar-refractivity contribution in [3.8, 4) is 17.0 Å². The Morgan fingerprint density at radius 2 is 2.08 bits per heavy atom. The zero-order valence-corrected chi connectivity index (χ0v) is 16.0. The Morgan fingerprint density at radius 1 is 1.31 bits per heavy atom. The Hall–Kier alpha value is -2.02. The van der Waals surface area contributed by atoms with Crippen molar-refractivity contribution in [2.24, 2.45) is 0 Å². The lowest BCUT2D eigenvalue weighted by atomic mass is 10.1. The zero-order valence-electron chi connectivity index (χ0n) is 15.2. The fourth-order valence-electron chi connectivity index (χ4n) is 2.33. The summed E-state index contributed by atoms with van der Waals surface area (Å²) in [5.74, 6) is -2.11. The van der Waals surface area contributed by atoms with Crippen molar-refractivity contribution in [3.05, 3.63) is 34.2 Å². The lowest BCUT2D eigenvalue weighted by Gasteiger charge is -2.12. The summed E-state index contributed by atoms with van der Waals surface area (Å²) in [6.07, 6.45) is 2.30. The van der Waals surface area contributed by atoms with Gasteiger partial charge in [0.2, 0.25) is 5.82 Å². The van der Waals surface area contributed by atoms with Gasteiger partial charge < -0.3 is 9.47 Å². The quantitative estimate of drug-likeness (QED) is 0.434. The van der Waals surface area contributed by atoms with E-state index in [-0.39, 0.29) is 24.7 Å². The van der Waals surface area contributed by atoms with E-state index in [9.17, 15) is 13.6 Å². The molecular weight excluding hydrogens is 360 g/mol. The van der Waals surface area contributed by atoms with Crippen LogP contribution in [0.2, 0.25) is 0 Å². The summed E-state index contributed by atoms with van der Waals surface area (Å²) in [7, 11) is 1.33. The minimum absolute atomic E-state index is 0.135. The molecule has 0 saturated carbocycles. The molecule has 1 aromatic carbocycles. The summed E-state index contributed by atoms with van der Waals surface area (Å²) in [6.45, 7) is 4.32. The van der Waals surface area contributed by atoms with E-state index in [0.29, 0.717) is 30.0 Å². The Kier molecular flexibility index (Phi) is 7.50. The molecule has 4 nitrogen and oxygen atoms in total. The van der Waals surface area contributed by atoms with Crippen LogP contribution >= 0.6 is 11.3 Å². The smallest absolute Gasteiger partial charge is 0.305 e. The maximum Gasteiger partial charge on any atom is 0.305 e. The number of methoxy groups -OCH3 is 1. The third-order valence-corrected chi connectivity index (χ3v) is 5.21. The van der Waals surface area contributed by atoms with Gasteiger partial charge in [-0.25, -0.2) is 9.37 Å². The number of halogens is 2. The van der Waals surface area contributed by atoms with Crippen LogP contribution in [0.15, 0.2) is 17.5 Å². The summed E-state index contributed by atoms with van der Waals surface area (Å²) < 4.78 is 38.0. The molecule has 1 atom stereocenters. The molecule has 0 aliphatic heterocycles. The van der Waals surface area contributed by atoms with Crippen LogP contribution in [0.5, 0.6) is 5.75 Å². The van der Waals surface area contributed by atoms with Gasteiger partial charge in [0.25, 0.3) is 0 Å². The van der Waals surface area contributed by atoms with Gasteiger partial charge in [-0.2, -0.15) is 4.39 Å². The van der Waals surface area contributed by atoms with Crippen molar-refractivity contribution in [2.45, 2.75) is 45.4 Å². The molecule has 142 valence electrons. The highest BCUT2D eigenvalue weighted by Gasteiger charge is 2.19. The first kappa shape index (κ1) is 20.3. The average molecular weight is 383 g/mol. The highest BCUT2D eigenvalue weighted by molar-refractivity contribution is 7.10. The van der Waals surface area contributed by atoms with Gasteiger partial charge in [0.15, 0.2) is 11.6 Å². The van der Waals surface area contributed by atoms with Crippen molar-refractivity contribution in [3.63, 3.8) is 0 Å². The molecule has 0 bridgehead atoms. The average Bonchev–Trinajstić information content (AvgIpc) is 3.13. The fourth-order valence-corrected chi connectivity index (χ4v) is 3.30. The van der Waals surface area contributed by atoms with Gasteiger partial charge in [-0.15, -0.1) is 11.3 Å². The molecule has 0 spiro atoms. The van der Waals surface area contributed by atoms with Gasteiger partial charge in [0, 0.05) is 23.3 Å². The summed E-state index contributed by atoms with van der Waals surface area (Å²) in [4.78, 5) is 15.6. The number of carbonyl (C=O) groups excluding carboxylic acids is 1. The molecule has 0 aliphatic carbocycles. The van der Waals surface area contributed by atoms with Crippen molar-refractivity contribution < 1.29 is 23.0 Å². The molecule has 0 aliphatic rings. The van der Waals surface area contributed by atoms with Gasteiger partial charge in [0.1, 0.15) is 0 Å². The van der Waals surface area contributed by atoms with Gasteiger partial charge in [0.05, 0.1) is 24.4 Å². The van der Waals surface area contributed by atoms with Crippen LogP contribution in [-0.4, -0.2) is 24.7 Å². The highest BCUT2D eigenvalue weighted by Crippen LogP contribution is 2.36. The normalized spacial score (nSPS) is 12.0. The standard InChI is InChI=1S/C19H23F2NO3S/c1-4-12(2)19-22-15(11-26-19)13-8-9-14(20)17(21)18(13)25-10-6-5-7-16(23)24-3/h8-9,11-12H,4-7,10H2,1-3H3. The first-order valence-electron chi connectivity index (χ1n) is 8.61. The second-order valence-electron chi connectivity index (χ2n) is 6.00. The SMILES string of the molecule is CCC(C)c1nc(-c2ccc(F)c(F)c2OCCCCC(=O)OC)cs1. The lowest BCUT2D eigenvalue weighted by Crippen LogP contribution is -2.05. The number of hydrogen-bond donors (Lipinski definition) is 0. The first-order valence-corrected chi connectivity index (χ1v) is 9.49. The van der Waals surface area contributed by atoms with Crippen LogP contribution < -0.4 is 4.74 Å². The van der Waals surface area contributed by atoms with Crippen LogP contribution in [0.25, 0.3) is 11.3 Å². The number of ether oxygens (including phenoxy) is 2. The molecule has 1 heterocycles. The molecule has 2 rings (SSSR count). The van der Waals surface area contributed by atoms with Crippen LogP contribution in [0, 0.1) is 11.6 Å². The number of esters is 1. The van der Waals surface area contributed by atoms with E-state index < -0.39 is 11.6 Å². The highest BCUT2D eigenvalue weighted by atomic mass is 32.1. The largest absolute Gasteiger partial charge is 0.490 e. The van der Waals surface area contributed by atoms with E-state index in [2.05, 4.69) is 23.6 Å². The molecule has 2 aromatic rings. The predicted molar refractivity (Wildman–Crippen MR) is 97.5 cm³/mol. The Labute approximate surface area is 156 Å². The van der Waals surface area contributed by atoms with E-state index in [1.54, 1.807) is 0 Å². The molecule has 0 radical (unpaired) electrons. The third kappa shape index (κ3) is 5.00. The minimum Gasteiger partial charge on any atom is -0.490 e. The van der Waals surface area contributed by atoms with Gasteiger partial charge in [-0.1, -0.05) is 13.8 Å². The monoisotopic (exact) mass is 383 g/mol. The maximum absolute atomic E-state index is 14.3. The molecule has 0 fully saturated rings. The molecule has 7 heteroatoms. The summed E-state index contributed by atoms with van der Waals surface area (Å²) in [6, 6.07) is 2.56. The Morgan fingerprint density at radius 3 is 2.77 bits per heavy atom. The second kappa shape index (κ2) is 9.62. The van der Waals surface area contributed by atoms with Crippen LogP contribution in [-0.2, 0) is 9.53 Å². The molecule has 26 heavy (non-hydrogen) atoms. The summed E-state index contributed by atoms with van der Waals surface area (Å²) >= 11 is 1.50. The van der Waals surface area contributed by atoms with Crippen LogP contribution in [0.3, 0.4) is 0 Å². The van der Waals surface area contributed by atoms with Gasteiger partial charge in [-0.05, 0) is 31.4 Å². The number of carbonyl (C=O) groups is 1. The van der Waals surface area contributed by atoms with E-state index in [1.165, 1.54) is 24.5 Å². The second-order valence-corrected chi connectivity index (χ2v) is 6.89. The van der Waals surface area contributed by atoms with Crippen molar-refractivity contribution in [2.75, 3.05) is 13.7 Å². The number of unbranched alkanes of at least 4 members (excludes halogenated alkanes) is 1. The number of benzene rings is 1. The van der Waals surface area contributed by atoms with E-state index in [0.717, 1.165) is 17.5 Å². The Bertz CT molecular complexity index is 748. The minimum atomic E-state index is -1.02. The third-order valence-electron chi connectivity index (χ3n) is 4.13. The van der Waals surface area contributed by atoms with Crippen molar-refractivity contribution >= 4 is 17.3 Å². The number of rotatable bonds is 9. The number of aromatic nitrogens is 1. The molecule has 0 N–H and O–H groups in total. The molecule has 0 amide bonds.